The Balaban J connectivity index is 2.09. The van der Waals surface area contributed by atoms with Crippen LogP contribution in [0.15, 0.2) is 43.9 Å². The van der Waals surface area contributed by atoms with Gasteiger partial charge in [-0.2, -0.15) is 4.98 Å². The van der Waals surface area contributed by atoms with Crippen LogP contribution in [0.5, 0.6) is 5.75 Å². The molecule has 0 saturated heterocycles. The second-order valence-corrected chi connectivity index (χ2v) is 6.15. The van der Waals surface area contributed by atoms with Gasteiger partial charge in [-0.3, -0.25) is 4.98 Å². The molecule has 0 amide bonds. The van der Waals surface area contributed by atoms with Gasteiger partial charge in [0.05, 0.1) is 10.0 Å². The lowest BCUT2D eigenvalue weighted by Gasteiger charge is -2.02. The number of phenolic OH excluding ortho intramolecular Hbond substituents is 1. The van der Waals surface area contributed by atoms with E-state index in [1.165, 1.54) is 0 Å². The zero-order valence-corrected chi connectivity index (χ0v) is 14.0. The Morgan fingerprint density at radius 3 is 2.81 bits per heavy atom. The third-order valence-electron chi connectivity index (χ3n) is 2.91. The first-order chi connectivity index (χ1) is 10.1. The van der Waals surface area contributed by atoms with E-state index in [1.54, 1.807) is 18.3 Å². The molecule has 2 aromatic heterocycles. The van der Waals surface area contributed by atoms with Gasteiger partial charge in [0.15, 0.2) is 0 Å². The van der Waals surface area contributed by atoms with Crippen LogP contribution < -0.4 is 0 Å². The highest BCUT2D eigenvalue weighted by Crippen LogP contribution is 2.38. The number of pyridine rings is 1. The number of halogens is 2. The van der Waals surface area contributed by atoms with Gasteiger partial charge < -0.3 is 9.63 Å². The fourth-order valence-corrected chi connectivity index (χ4v) is 3.10. The van der Waals surface area contributed by atoms with E-state index in [9.17, 15) is 5.11 Å². The molecule has 0 aliphatic rings. The van der Waals surface area contributed by atoms with Crippen LogP contribution in [0.3, 0.4) is 0 Å². The predicted molar refractivity (Wildman–Crippen MR) is 84.8 cm³/mol. The number of phenols is 1. The molecule has 106 valence electrons. The van der Waals surface area contributed by atoms with Crippen molar-refractivity contribution in [3.63, 3.8) is 0 Å². The molecular formula is C14H9Br2N3O2. The molecule has 1 aromatic carbocycles. The molecule has 0 unspecified atom stereocenters. The van der Waals surface area contributed by atoms with Crippen molar-refractivity contribution in [2.24, 2.45) is 0 Å². The number of rotatable bonds is 2. The van der Waals surface area contributed by atoms with Gasteiger partial charge in [0.25, 0.3) is 5.89 Å². The topological polar surface area (TPSA) is 72.0 Å². The number of hydrogen-bond donors (Lipinski definition) is 1. The molecule has 1 N–H and O–H groups in total. The van der Waals surface area contributed by atoms with Crippen molar-refractivity contribution in [3.05, 3.63) is 45.0 Å². The molecule has 3 aromatic rings. The van der Waals surface area contributed by atoms with E-state index in [0.29, 0.717) is 21.6 Å². The number of aromatic hydroxyl groups is 1. The Morgan fingerprint density at radius 2 is 2.05 bits per heavy atom. The lowest BCUT2D eigenvalue weighted by molar-refractivity contribution is 0.425. The van der Waals surface area contributed by atoms with Gasteiger partial charge in [-0.1, -0.05) is 27.2 Å². The molecule has 3 rings (SSSR count). The van der Waals surface area contributed by atoms with E-state index in [4.69, 9.17) is 4.52 Å². The molecule has 21 heavy (non-hydrogen) atoms. The lowest BCUT2D eigenvalue weighted by atomic mass is 10.2. The SMILES string of the molecule is Cc1cccnc1-c1noc(-c2cc(Br)cc(Br)c2O)n1. The summed E-state index contributed by atoms with van der Waals surface area (Å²) >= 11 is 6.64. The van der Waals surface area contributed by atoms with Crippen LogP contribution in [0.1, 0.15) is 5.56 Å². The molecule has 0 aliphatic carbocycles. The number of hydrogen-bond acceptors (Lipinski definition) is 5. The Morgan fingerprint density at radius 1 is 1.24 bits per heavy atom. The minimum Gasteiger partial charge on any atom is -0.506 e. The number of aryl methyl sites for hydroxylation is 1. The maximum absolute atomic E-state index is 10.1. The van der Waals surface area contributed by atoms with Crippen LogP contribution in [0.2, 0.25) is 0 Å². The molecule has 0 spiro atoms. The second-order valence-electron chi connectivity index (χ2n) is 4.38. The fraction of sp³-hybridized carbons (Fsp3) is 0.0714. The van der Waals surface area contributed by atoms with Crippen LogP contribution in [-0.2, 0) is 0 Å². The highest BCUT2D eigenvalue weighted by molar-refractivity contribution is 9.11. The van der Waals surface area contributed by atoms with E-state index in [-0.39, 0.29) is 11.6 Å². The quantitative estimate of drug-likeness (QED) is 0.680. The summed E-state index contributed by atoms with van der Waals surface area (Å²) in [7, 11) is 0. The highest BCUT2D eigenvalue weighted by atomic mass is 79.9. The van der Waals surface area contributed by atoms with Gasteiger partial charge >= 0.3 is 0 Å². The third-order valence-corrected chi connectivity index (χ3v) is 3.97. The standard InChI is InChI=1S/C14H9Br2N3O2/c1-7-3-2-4-17-11(7)13-18-14(21-19-13)9-5-8(15)6-10(16)12(9)20/h2-6,20H,1H3. The molecule has 7 heteroatoms. The molecular weight excluding hydrogens is 402 g/mol. The van der Waals surface area contributed by atoms with Crippen molar-refractivity contribution in [1.29, 1.82) is 0 Å². The van der Waals surface area contributed by atoms with E-state index in [0.717, 1.165) is 10.0 Å². The minimum atomic E-state index is 0.0474. The van der Waals surface area contributed by atoms with Gasteiger partial charge in [0.2, 0.25) is 5.82 Å². The number of benzene rings is 1. The Hall–Kier alpha value is -1.73. The number of nitrogens with zero attached hydrogens (tertiary/aromatic N) is 3. The first-order valence-electron chi connectivity index (χ1n) is 6.00. The zero-order chi connectivity index (χ0) is 15.0. The van der Waals surface area contributed by atoms with Crippen molar-refractivity contribution in [2.75, 3.05) is 0 Å². The maximum atomic E-state index is 10.1. The molecule has 0 saturated carbocycles. The molecule has 0 atom stereocenters. The molecule has 5 nitrogen and oxygen atoms in total. The molecule has 0 aliphatic heterocycles. The summed E-state index contributed by atoms with van der Waals surface area (Å²) in [4.78, 5) is 8.56. The van der Waals surface area contributed by atoms with E-state index < -0.39 is 0 Å². The van der Waals surface area contributed by atoms with E-state index in [2.05, 4.69) is 47.0 Å². The largest absolute Gasteiger partial charge is 0.506 e. The monoisotopic (exact) mass is 409 g/mol. The predicted octanol–water partition coefficient (Wildman–Crippen LogP) is 4.34. The molecule has 0 radical (unpaired) electrons. The van der Waals surface area contributed by atoms with Gasteiger partial charge in [0, 0.05) is 10.7 Å². The average molecular weight is 411 g/mol. The summed E-state index contributed by atoms with van der Waals surface area (Å²) in [6.45, 7) is 1.92. The molecule has 2 heterocycles. The van der Waals surface area contributed by atoms with Crippen molar-refractivity contribution in [1.82, 2.24) is 15.1 Å². The van der Waals surface area contributed by atoms with Crippen LogP contribution in [0.25, 0.3) is 23.0 Å². The van der Waals surface area contributed by atoms with Gasteiger partial charge in [-0.05, 0) is 46.6 Å². The summed E-state index contributed by atoms with van der Waals surface area (Å²) in [5, 5.41) is 14.0. The zero-order valence-electron chi connectivity index (χ0n) is 10.8. The van der Waals surface area contributed by atoms with Crippen molar-refractivity contribution >= 4 is 31.9 Å². The summed E-state index contributed by atoms with van der Waals surface area (Å²) in [6.07, 6.45) is 1.67. The lowest BCUT2D eigenvalue weighted by Crippen LogP contribution is -1.89. The Kier molecular flexibility index (Phi) is 3.77. The van der Waals surface area contributed by atoms with E-state index in [1.807, 2.05) is 19.1 Å². The second kappa shape index (κ2) is 5.57. The van der Waals surface area contributed by atoms with Crippen LogP contribution in [-0.4, -0.2) is 20.2 Å². The van der Waals surface area contributed by atoms with Crippen molar-refractivity contribution in [2.45, 2.75) is 6.92 Å². The van der Waals surface area contributed by atoms with Gasteiger partial charge in [-0.15, -0.1) is 0 Å². The van der Waals surface area contributed by atoms with Crippen LogP contribution in [0, 0.1) is 6.92 Å². The summed E-state index contributed by atoms with van der Waals surface area (Å²) < 4.78 is 6.58. The smallest absolute Gasteiger partial charge is 0.262 e. The van der Waals surface area contributed by atoms with Crippen LogP contribution in [0.4, 0.5) is 0 Å². The average Bonchev–Trinajstić information content (AvgIpc) is 2.92. The first-order valence-corrected chi connectivity index (χ1v) is 7.59. The maximum Gasteiger partial charge on any atom is 0.262 e. The van der Waals surface area contributed by atoms with Crippen molar-refractivity contribution < 1.29 is 9.63 Å². The summed E-state index contributed by atoms with van der Waals surface area (Å²) in [5.41, 5.74) is 2.05. The fourth-order valence-electron chi connectivity index (χ4n) is 1.88. The normalized spacial score (nSPS) is 10.8. The Labute approximate surface area is 137 Å². The van der Waals surface area contributed by atoms with E-state index >= 15 is 0 Å². The van der Waals surface area contributed by atoms with Crippen LogP contribution >= 0.6 is 31.9 Å². The molecule has 0 bridgehead atoms. The van der Waals surface area contributed by atoms with Crippen molar-refractivity contribution in [3.8, 4) is 28.7 Å². The Bertz CT molecular complexity index is 818. The summed E-state index contributed by atoms with van der Waals surface area (Å²) in [6, 6.07) is 7.21. The summed E-state index contributed by atoms with van der Waals surface area (Å²) in [5.74, 6) is 0.666. The van der Waals surface area contributed by atoms with Gasteiger partial charge in [0.1, 0.15) is 11.4 Å². The minimum absolute atomic E-state index is 0.0474. The highest BCUT2D eigenvalue weighted by Gasteiger charge is 2.18. The van der Waals surface area contributed by atoms with Gasteiger partial charge in [-0.25, -0.2) is 0 Å². The first kappa shape index (κ1) is 14.2. The third kappa shape index (κ3) is 2.71. The molecule has 0 fully saturated rings. The number of aromatic nitrogens is 3.